The fourth-order valence-electron chi connectivity index (χ4n) is 2.78. The molecule has 0 N–H and O–H groups in total. The summed E-state index contributed by atoms with van der Waals surface area (Å²) in [4.78, 5) is 8.53. The molecule has 0 unspecified atom stereocenters. The van der Waals surface area contributed by atoms with Gasteiger partial charge in [-0.1, -0.05) is 12.1 Å². The smallest absolute Gasteiger partial charge is 0.130 e. The van der Waals surface area contributed by atoms with Crippen LogP contribution in [0.15, 0.2) is 60.9 Å². The van der Waals surface area contributed by atoms with E-state index in [9.17, 15) is 5.26 Å². The first-order valence-corrected chi connectivity index (χ1v) is 8.34. The molecule has 128 valence electrons. The number of rotatable bonds is 5. The van der Waals surface area contributed by atoms with E-state index in [1.54, 1.807) is 12.4 Å². The van der Waals surface area contributed by atoms with Gasteiger partial charge in [-0.2, -0.15) is 5.26 Å². The predicted octanol–water partition coefficient (Wildman–Crippen LogP) is 4.74. The second-order valence-corrected chi connectivity index (χ2v) is 5.98. The molecule has 0 aliphatic rings. The maximum Gasteiger partial charge on any atom is 0.130 e. The molecule has 3 rings (SSSR count). The van der Waals surface area contributed by atoms with Crippen LogP contribution in [0, 0.1) is 25.2 Å². The highest BCUT2D eigenvalue weighted by Crippen LogP contribution is 2.27. The Kier molecular flexibility index (Phi) is 5.40. The zero-order valence-corrected chi connectivity index (χ0v) is 14.8. The van der Waals surface area contributed by atoms with E-state index in [4.69, 9.17) is 4.74 Å². The van der Waals surface area contributed by atoms with E-state index in [0.29, 0.717) is 17.9 Å². The van der Waals surface area contributed by atoms with Gasteiger partial charge in [-0.3, -0.25) is 9.97 Å². The Balaban J connectivity index is 1.85. The number of hydrogen-bond acceptors (Lipinski definition) is 4. The van der Waals surface area contributed by atoms with Crippen molar-refractivity contribution in [2.24, 2.45) is 0 Å². The van der Waals surface area contributed by atoms with Gasteiger partial charge < -0.3 is 4.74 Å². The van der Waals surface area contributed by atoms with E-state index in [2.05, 4.69) is 16.0 Å². The number of pyridine rings is 2. The van der Waals surface area contributed by atoms with Crippen molar-refractivity contribution in [3.05, 3.63) is 89.0 Å². The summed E-state index contributed by atoms with van der Waals surface area (Å²) in [6.07, 6.45) is 5.30. The monoisotopic (exact) mass is 341 g/mol. The van der Waals surface area contributed by atoms with Crippen molar-refractivity contribution in [2.45, 2.75) is 20.5 Å². The number of aromatic nitrogens is 2. The number of aryl methyl sites for hydroxylation is 2. The van der Waals surface area contributed by atoms with E-state index in [1.807, 2.05) is 68.5 Å². The van der Waals surface area contributed by atoms with Crippen molar-refractivity contribution in [1.82, 2.24) is 9.97 Å². The normalized spacial score (nSPS) is 11.0. The summed E-state index contributed by atoms with van der Waals surface area (Å²) >= 11 is 0. The van der Waals surface area contributed by atoms with Crippen molar-refractivity contribution in [3.63, 3.8) is 0 Å². The molecule has 0 bridgehead atoms. The van der Waals surface area contributed by atoms with Gasteiger partial charge in [0, 0.05) is 12.4 Å². The lowest BCUT2D eigenvalue weighted by atomic mass is 10.0. The van der Waals surface area contributed by atoms with Crippen LogP contribution in [0.5, 0.6) is 5.75 Å². The van der Waals surface area contributed by atoms with Crippen LogP contribution in [0.25, 0.3) is 11.6 Å². The molecule has 2 heterocycles. The Bertz CT molecular complexity index is 935. The Labute approximate surface area is 153 Å². The van der Waals surface area contributed by atoms with E-state index < -0.39 is 0 Å². The van der Waals surface area contributed by atoms with Crippen molar-refractivity contribution < 1.29 is 4.74 Å². The molecule has 0 spiro atoms. The first-order valence-electron chi connectivity index (χ1n) is 8.34. The molecule has 0 radical (unpaired) electrons. The summed E-state index contributed by atoms with van der Waals surface area (Å²) in [5.41, 5.74) is 5.08. The molecule has 0 saturated heterocycles. The molecule has 0 aliphatic heterocycles. The number of allylic oxidation sites excluding steroid dienone is 1. The average Bonchev–Trinajstić information content (AvgIpc) is 2.67. The van der Waals surface area contributed by atoms with Gasteiger partial charge in [0.25, 0.3) is 0 Å². The molecule has 0 atom stereocenters. The molecule has 26 heavy (non-hydrogen) atoms. The first kappa shape index (κ1) is 17.4. The third-order valence-corrected chi connectivity index (χ3v) is 3.95. The van der Waals surface area contributed by atoms with E-state index in [-0.39, 0.29) is 0 Å². The number of benzene rings is 1. The quantitative estimate of drug-likeness (QED) is 0.629. The standard InChI is InChI=1S/C22H19N3O/c1-16-11-18(13-19(14-23)21-8-4-6-10-25-21)12-17(2)22(16)26-15-20-7-3-5-9-24-20/h3-13H,15H2,1-2H3/b19-13+. The summed E-state index contributed by atoms with van der Waals surface area (Å²) in [5.74, 6) is 0.851. The topological polar surface area (TPSA) is 58.8 Å². The molecule has 0 fully saturated rings. The number of nitriles is 1. The van der Waals surface area contributed by atoms with E-state index in [0.717, 1.165) is 28.1 Å². The third-order valence-electron chi connectivity index (χ3n) is 3.95. The van der Waals surface area contributed by atoms with E-state index >= 15 is 0 Å². The van der Waals surface area contributed by atoms with Crippen LogP contribution in [0.3, 0.4) is 0 Å². The van der Waals surface area contributed by atoms with Crippen molar-refractivity contribution in [3.8, 4) is 11.8 Å². The molecule has 0 saturated carbocycles. The average molecular weight is 341 g/mol. The van der Waals surface area contributed by atoms with Gasteiger partial charge in [-0.25, -0.2) is 0 Å². The largest absolute Gasteiger partial charge is 0.487 e. The fourth-order valence-corrected chi connectivity index (χ4v) is 2.78. The summed E-state index contributed by atoms with van der Waals surface area (Å²) < 4.78 is 5.96. The minimum atomic E-state index is 0.426. The second kappa shape index (κ2) is 8.09. The molecule has 1 aromatic carbocycles. The lowest BCUT2D eigenvalue weighted by Gasteiger charge is -2.13. The van der Waals surface area contributed by atoms with Crippen LogP contribution in [0.2, 0.25) is 0 Å². The highest BCUT2D eigenvalue weighted by Gasteiger charge is 2.08. The maximum absolute atomic E-state index is 9.45. The summed E-state index contributed by atoms with van der Waals surface area (Å²) in [5, 5.41) is 9.45. The molecule has 4 nitrogen and oxygen atoms in total. The summed E-state index contributed by atoms with van der Waals surface area (Å²) in [7, 11) is 0. The van der Waals surface area contributed by atoms with Crippen LogP contribution in [-0.2, 0) is 6.61 Å². The molecule has 4 heteroatoms. The molecule has 2 aromatic heterocycles. The van der Waals surface area contributed by atoms with Gasteiger partial charge in [0.1, 0.15) is 18.4 Å². The fraction of sp³-hybridized carbons (Fsp3) is 0.136. The van der Waals surface area contributed by atoms with Gasteiger partial charge in [0.15, 0.2) is 0 Å². The van der Waals surface area contributed by atoms with Gasteiger partial charge in [-0.05, 0) is 73.0 Å². The van der Waals surface area contributed by atoms with Crippen molar-refractivity contribution >= 4 is 11.6 Å². The Morgan fingerprint density at radius 3 is 2.31 bits per heavy atom. The third kappa shape index (κ3) is 4.14. The highest BCUT2D eigenvalue weighted by atomic mass is 16.5. The van der Waals surface area contributed by atoms with Crippen LogP contribution >= 0.6 is 0 Å². The Morgan fingerprint density at radius 1 is 1.04 bits per heavy atom. The van der Waals surface area contributed by atoms with Gasteiger partial charge in [0.2, 0.25) is 0 Å². The van der Waals surface area contributed by atoms with Crippen molar-refractivity contribution in [1.29, 1.82) is 5.26 Å². The minimum Gasteiger partial charge on any atom is -0.487 e. The lowest BCUT2D eigenvalue weighted by Crippen LogP contribution is -2.01. The maximum atomic E-state index is 9.45. The van der Waals surface area contributed by atoms with E-state index in [1.165, 1.54) is 0 Å². The van der Waals surface area contributed by atoms with Gasteiger partial charge in [-0.15, -0.1) is 0 Å². The van der Waals surface area contributed by atoms with Crippen LogP contribution in [0.4, 0.5) is 0 Å². The van der Waals surface area contributed by atoms with Crippen molar-refractivity contribution in [2.75, 3.05) is 0 Å². The zero-order chi connectivity index (χ0) is 18.4. The zero-order valence-electron chi connectivity index (χ0n) is 14.8. The molecule has 0 amide bonds. The molecular weight excluding hydrogens is 322 g/mol. The van der Waals surface area contributed by atoms with Gasteiger partial charge >= 0.3 is 0 Å². The van der Waals surface area contributed by atoms with Crippen LogP contribution in [-0.4, -0.2) is 9.97 Å². The SMILES string of the molecule is Cc1cc(/C=C(\C#N)c2ccccn2)cc(C)c1OCc1ccccn1. The highest BCUT2D eigenvalue weighted by molar-refractivity contribution is 5.88. The number of hydrogen-bond donors (Lipinski definition) is 0. The lowest BCUT2D eigenvalue weighted by molar-refractivity contribution is 0.297. The molecule has 0 aliphatic carbocycles. The van der Waals surface area contributed by atoms with Crippen LogP contribution in [0.1, 0.15) is 28.1 Å². The second-order valence-electron chi connectivity index (χ2n) is 5.98. The Morgan fingerprint density at radius 2 is 1.73 bits per heavy atom. The molecule has 3 aromatic rings. The predicted molar refractivity (Wildman–Crippen MR) is 102 cm³/mol. The molecular formula is C22H19N3O. The van der Waals surface area contributed by atoms with Gasteiger partial charge in [0.05, 0.1) is 17.0 Å². The summed E-state index contributed by atoms with van der Waals surface area (Å²) in [6, 6.07) is 17.6. The Hall–Kier alpha value is -3.45. The number of ether oxygens (including phenoxy) is 1. The number of nitrogens with zero attached hydrogens (tertiary/aromatic N) is 3. The first-order chi connectivity index (χ1) is 12.7. The summed E-state index contributed by atoms with van der Waals surface area (Å²) in [6.45, 7) is 4.44. The minimum absolute atomic E-state index is 0.426. The van der Waals surface area contributed by atoms with Crippen LogP contribution < -0.4 is 4.74 Å².